The Bertz CT molecular complexity index is 190. The van der Waals surface area contributed by atoms with Crippen LogP contribution in [-0.4, -0.2) is 43.8 Å². The van der Waals surface area contributed by atoms with Crippen LogP contribution in [0.2, 0.25) is 0 Å². The van der Waals surface area contributed by atoms with E-state index < -0.39 is 0 Å². The van der Waals surface area contributed by atoms with Gasteiger partial charge in [-0.2, -0.15) is 0 Å². The molecule has 0 amide bonds. The lowest BCUT2D eigenvalue weighted by Crippen LogP contribution is -2.44. The van der Waals surface area contributed by atoms with Crippen molar-refractivity contribution in [2.75, 3.05) is 32.8 Å². The quantitative estimate of drug-likeness (QED) is 0.709. The van der Waals surface area contributed by atoms with Crippen LogP contribution in [0.3, 0.4) is 0 Å². The van der Waals surface area contributed by atoms with E-state index in [1.165, 1.54) is 25.7 Å². The molecule has 1 atom stereocenters. The van der Waals surface area contributed by atoms with Crippen molar-refractivity contribution in [3.8, 4) is 0 Å². The number of hydrogen-bond acceptors (Lipinski definition) is 3. The Balaban J connectivity index is 2.48. The highest BCUT2D eigenvalue weighted by atomic mass is 16.5. The molecule has 1 heterocycles. The second-order valence-electron chi connectivity index (χ2n) is 5.37. The zero-order valence-corrected chi connectivity index (χ0v) is 11.9. The normalized spacial score (nSPS) is 21.4. The molecule has 0 aromatic heterocycles. The average Bonchev–Trinajstić information content (AvgIpc) is 2.87. The van der Waals surface area contributed by atoms with Crippen LogP contribution in [0.5, 0.6) is 0 Å². The van der Waals surface area contributed by atoms with Gasteiger partial charge in [0.2, 0.25) is 0 Å². The molecular weight excluding hydrogens is 212 g/mol. The van der Waals surface area contributed by atoms with E-state index in [2.05, 4.69) is 25.7 Å². The number of nitrogens with zero attached hydrogens (tertiary/aromatic N) is 1. The lowest BCUT2D eigenvalue weighted by molar-refractivity contribution is 0.0549. The van der Waals surface area contributed by atoms with Crippen LogP contribution in [0.15, 0.2) is 0 Å². The summed E-state index contributed by atoms with van der Waals surface area (Å²) in [5.41, 5.74) is 6.28. The Hall–Kier alpha value is -0.120. The number of ether oxygens (including phenoxy) is 1. The molecule has 1 aliphatic heterocycles. The third-order valence-electron chi connectivity index (χ3n) is 4.43. The lowest BCUT2D eigenvalue weighted by Gasteiger charge is -2.36. The van der Waals surface area contributed by atoms with E-state index in [9.17, 15) is 0 Å². The maximum Gasteiger partial charge on any atom is 0.0702 e. The summed E-state index contributed by atoms with van der Waals surface area (Å²) in [6, 6.07) is 0. The minimum atomic E-state index is 0.300. The molecule has 102 valence electrons. The molecule has 1 rings (SSSR count). The predicted molar refractivity (Wildman–Crippen MR) is 73.2 cm³/mol. The van der Waals surface area contributed by atoms with E-state index in [0.717, 1.165) is 32.8 Å². The number of rotatable bonds is 8. The molecule has 1 fully saturated rings. The Morgan fingerprint density at radius 2 is 2.00 bits per heavy atom. The van der Waals surface area contributed by atoms with Gasteiger partial charge in [-0.1, -0.05) is 20.8 Å². The van der Waals surface area contributed by atoms with Crippen LogP contribution in [0.25, 0.3) is 0 Å². The molecule has 3 nitrogen and oxygen atoms in total. The van der Waals surface area contributed by atoms with Gasteiger partial charge in [-0.05, 0) is 44.2 Å². The first-order chi connectivity index (χ1) is 8.19. The summed E-state index contributed by atoms with van der Waals surface area (Å²) in [7, 11) is 0. The molecule has 3 heteroatoms. The van der Waals surface area contributed by atoms with Crippen molar-refractivity contribution in [3.05, 3.63) is 0 Å². The van der Waals surface area contributed by atoms with Crippen LogP contribution in [0.1, 0.15) is 46.5 Å². The fraction of sp³-hybridized carbons (Fsp3) is 1.00. The van der Waals surface area contributed by atoms with Crippen LogP contribution in [-0.2, 0) is 4.74 Å². The van der Waals surface area contributed by atoms with Gasteiger partial charge in [0.1, 0.15) is 0 Å². The fourth-order valence-corrected chi connectivity index (χ4v) is 2.68. The van der Waals surface area contributed by atoms with Crippen molar-refractivity contribution in [1.82, 2.24) is 4.90 Å². The van der Waals surface area contributed by atoms with Gasteiger partial charge >= 0.3 is 0 Å². The van der Waals surface area contributed by atoms with Gasteiger partial charge in [0, 0.05) is 19.7 Å². The first-order valence-corrected chi connectivity index (χ1v) is 7.23. The standard InChI is InChI=1S/C14H30N2O/c1-4-14(5-2,11-15)12-16(6-3)10-13-8-7-9-17-13/h13H,4-12,15H2,1-3H3. The highest BCUT2D eigenvalue weighted by Gasteiger charge is 2.28. The molecule has 0 aromatic rings. The molecule has 2 N–H and O–H groups in total. The largest absolute Gasteiger partial charge is 0.377 e. The summed E-state index contributed by atoms with van der Waals surface area (Å²) in [5, 5.41) is 0. The molecule has 0 bridgehead atoms. The smallest absolute Gasteiger partial charge is 0.0702 e. The molecule has 0 radical (unpaired) electrons. The Labute approximate surface area is 107 Å². The van der Waals surface area contributed by atoms with Gasteiger partial charge in [-0.15, -0.1) is 0 Å². The summed E-state index contributed by atoms with van der Waals surface area (Å²) in [6.07, 6.45) is 5.25. The van der Waals surface area contributed by atoms with Gasteiger partial charge in [0.25, 0.3) is 0 Å². The van der Waals surface area contributed by atoms with E-state index in [1.807, 2.05) is 0 Å². The molecule has 0 spiro atoms. The molecular formula is C14H30N2O. The number of hydrogen-bond donors (Lipinski definition) is 1. The maximum absolute atomic E-state index is 5.98. The van der Waals surface area contributed by atoms with E-state index in [-0.39, 0.29) is 0 Å². The summed E-state index contributed by atoms with van der Waals surface area (Å²) in [5.74, 6) is 0. The van der Waals surface area contributed by atoms with Gasteiger partial charge in [-0.3, -0.25) is 0 Å². The minimum absolute atomic E-state index is 0.300. The Kier molecular flexibility index (Phi) is 6.45. The molecule has 0 aliphatic carbocycles. The first-order valence-electron chi connectivity index (χ1n) is 7.23. The molecule has 0 aromatic carbocycles. The monoisotopic (exact) mass is 242 g/mol. The maximum atomic E-state index is 5.98. The van der Waals surface area contributed by atoms with Crippen molar-refractivity contribution < 1.29 is 4.74 Å². The average molecular weight is 242 g/mol. The molecule has 1 aliphatic rings. The van der Waals surface area contributed by atoms with Crippen molar-refractivity contribution >= 4 is 0 Å². The van der Waals surface area contributed by atoms with Gasteiger partial charge in [0.05, 0.1) is 6.10 Å². The van der Waals surface area contributed by atoms with E-state index in [1.54, 1.807) is 0 Å². The number of likely N-dealkylation sites (N-methyl/N-ethyl adjacent to an activating group) is 1. The summed E-state index contributed by atoms with van der Waals surface area (Å²) in [6.45, 7) is 11.8. The van der Waals surface area contributed by atoms with Gasteiger partial charge < -0.3 is 15.4 Å². The zero-order valence-electron chi connectivity index (χ0n) is 11.9. The molecule has 17 heavy (non-hydrogen) atoms. The van der Waals surface area contributed by atoms with E-state index >= 15 is 0 Å². The Morgan fingerprint density at radius 3 is 2.41 bits per heavy atom. The van der Waals surface area contributed by atoms with Gasteiger partial charge in [-0.25, -0.2) is 0 Å². The van der Waals surface area contributed by atoms with Crippen molar-refractivity contribution in [3.63, 3.8) is 0 Å². The molecule has 1 unspecified atom stereocenters. The second-order valence-corrected chi connectivity index (χ2v) is 5.37. The molecule has 0 saturated carbocycles. The molecule has 1 saturated heterocycles. The summed E-state index contributed by atoms with van der Waals surface area (Å²) in [4.78, 5) is 2.52. The van der Waals surface area contributed by atoms with Crippen molar-refractivity contribution in [2.45, 2.75) is 52.6 Å². The third-order valence-corrected chi connectivity index (χ3v) is 4.43. The second kappa shape index (κ2) is 7.34. The first kappa shape index (κ1) is 14.9. The highest BCUT2D eigenvalue weighted by Crippen LogP contribution is 2.26. The van der Waals surface area contributed by atoms with Crippen molar-refractivity contribution in [1.29, 1.82) is 0 Å². The predicted octanol–water partition coefficient (Wildman–Crippen LogP) is 2.25. The zero-order chi connectivity index (χ0) is 12.7. The number of nitrogens with two attached hydrogens (primary N) is 1. The van der Waals surface area contributed by atoms with Gasteiger partial charge in [0.15, 0.2) is 0 Å². The van der Waals surface area contributed by atoms with E-state index in [0.29, 0.717) is 11.5 Å². The summed E-state index contributed by atoms with van der Waals surface area (Å²) < 4.78 is 5.73. The fourth-order valence-electron chi connectivity index (χ4n) is 2.68. The lowest BCUT2D eigenvalue weighted by atomic mass is 9.82. The Morgan fingerprint density at radius 1 is 1.29 bits per heavy atom. The SMILES string of the molecule is CCN(CC1CCCO1)CC(CC)(CC)CN. The van der Waals surface area contributed by atoms with Crippen LogP contribution < -0.4 is 5.73 Å². The van der Waals surface area contributed by atoms with Crippen molar-refractivity contribution in [2.24, 2.45) is 11.1 Å². The topological polar surface area (TPSA) is 38.5 Å². The van der Waals surface area contributed by atoms with E-state index in [4.69, 9.17) is 10.5 Å². The van der Waals surface area contributed by atoms with Crippen LogP contribution >= 0.6 is 0 Å². The minimum Gasteiger partial charge on any atom is -0.377 e. The summed E-state index contributed by atoms with van der Waals surface area (Å²) >= 11 is 0. The third kappa shape index (κ3) is 4.23. The highest BCUT2D eigenvalue weighted by molar-refractivity contribution is 4.82. The van der Waals surface area contributed by atoms with Crippen LogP contribution in [0, 0.1) is 5.41 Å². The van der Waals surface area contributed by atoms with Crippen LogP contribution in [0.4, 0.5) is 0 Å².